The van der Waals surface area contributed by atoms with Crippen molar-refractivity contribution >= 4 is 0 Å². The molecule has 0 saturated heterocycles. The van der Waals surface area contributed by atoms with E-state index in [4.69, 9.17) is 4.74 Å². The molecule has 0 heterocycles. The summed E-state index contributed by atoms with van der Waals surface area (Å²) >= 11 is 0. The summed E-state index contributed by atoms with van der Waals surface area (Å²) in [5.74, 6) is 1.70. The number of hydrogen-bond donors (Lipinski definition) is 0. The number of ether oxygens (including phenoxy) is 1. The average Bonchev–Trinajstić information content (AvgIpc) is 2.40. The lowest BCUT2D eigenvalue weighted by molar-refractivity contribution is 0.155. The van der Waals surface area contributed by atoms with Crippen LogP contribution >= 0.6 is 0 Å². The van der Waals surface area contributed by atoms with Crippen LogP contribution in [0, 0.1) is 0 Å². The molecule has 0 amide bonds. The van der Waals surface area contributed by atoms with Crippen molar-refractivity contribution in [2.75, 3.05) is 0 Å². The summed E-state index contributed by atoms with van der Waals surface area (Å²) in [6.45, 7) is 4.51. The van der Waals surface area contributed by atoms with Gasteiger partial charge >= 0.3 is 0 Å². The summed E-state index contributed by atoms with van der Waals surface area (Å²) in [5.41, 5.74) is 1.42. The molecule has 1 nitrogen and oxygen atoms in total. The summed E-state index contributed by atoms with van der Waals surface area (Å²) in [5, 5.41) is 0. The fraction of sp³-hybridized carbons (Fsp3) is 0.625. The molecule has 1 atom stereocenters. The minimum atomic E-state index is 0.457. The second-order valence-electron chi connectivity index (χ2n) is 5.26. The Balaban J connectivity index is 1.93. The van der Waals surface area contributed by atoms with E-state index in [1.165, 1.54) is 44.1 Å². The van der Waals surface area contributed by atoms with Gasteiger partial charge in [0.15, 0.2) is 0 Å². The molecular weight excluding hydrogens is 208 g/mol. The van der Waals surface area contributed by atoms with Gasteiger partial charge in [0.1, 0.15) is 5.75 Å². The minimum Gasteiger partial charge on any atom is -0.490 e. The van der Waals surface area contributed by atoms with E-state index in [1.807, 2.05) is 0 Å². The van der Waals surface area contributed by atoms with Crippen LogP contribution in [-0.2, 0) is 0 Å². The summed E-state index contributed by atoms with van der Waals surface area (Å²) < 4.78 is 6.02. The molecule has 0 spiro atoms. The minimum absolute atomic E-state index is 0.457. The van der Waals surface area contributed by atoms with Crippen LogP contribution in [0.25, 0.3) is 0 Å². The van der Waals surface area contributed by atoms with Crippen molar-refractivity contribution in [3.05, 3.63) is 29.8 Å². The topological polar surface area (TPSA) is 9.23 Å². The van der Waals surface area contributed by atoms with E-state index in [-0.39, 0.29) is 0 Å². The van der Waals surface area contributed by atoms with Crippen LogP contribution in [0.2, 0.25) is 0 Å². The van der Waals surface area contributed by atoms with Crippen LogP contribution in [0.15, 0.2) is 24.3 Å². The predicted octanol–water partition coefficient (Wildman–Crippen LogP) is 4.91. The van der Waals surface area contributed by atoms with Gasteiger partial charge in [0, 0.05) is 0 Å². The molecule has 1 heteroatoms. The molecule has 1 aromatic carbocycles. The Kier molecular flexibility index (Phi) is 4.47. The van der Waals surface area contributed by atoms with Crippen LogP contribution < -0.4 is 4.74 Å². The summed E-state index contributed by atoms with van der Waals surface area (Å²) in [4.78, 5) is 0. The largest absolute Gasteiger partial charge is 0.490 e. The van der Waals surface area contributed by atoms with E-state index >= 15 is 0 Å². The molecule has 1 unspecified atom stereocenters. The van der Waals surface area contributed by atoms with Gasteiger partial charge in [0.2, 0.25) is 0 Å². The molecule has 0 radical (unpaired) electrons. The fourth-order valence-electron chi connectivity index (χ4n) is 2.49. The smallest absolute Gasteiger partial charge is 0.119 e. The first-order chi connectivity index (χ1) is 8.29. The van der Waals surface area contributed by atoms with Crippen molar-refractivity contribution in [2.45, 2.75) is 64.4 Å². The molecule has 0 aliphatic heterocycles. The van der Waals surface area contributed by atoms with Gasteiger partial charge < -0.3 is 4.74 Å². The van der Waals surface area contributed by atoms with Gasteiger partial charge in [-0.1, -0.05) is 32.4 Å². The monoisotopic (exact) mass is 232 g/mol. The van der Waals surface area contributed by atoms with Crippen LogP contribution in [0.5, 0.6) is 5.75 Å². The lowest BCUT2D eigenvalue weighted by atomic mass is 9.97. The Morgan fingerprint density at radius 2 is 1.76 bits per heavy atom. The second-order valence-corrected chi connectivity index (χ2v) is 5.26. The zero-order chi connectivity index (χ0) is 12.1. The van der Waals surface area contributed by atoms with Gasteiger partial charge in [-0.05, 0) is 55.7 Å². The van der Waals surface area contributed by atoms with Gasteiger partial charge in [-0.2, -0.15) is 0 Å². The maximum Gasteiger partial charge on any atom is 0.119 e. The molecule has 0 N–H and O–H groups in total. The van der Waals surface area contributed by atoms with E-state index in [0.717, 1.165) is 5.75 Å². The van der Waals surface area contributed by atoms with E-state index in [2.05, 4.69) is 38.1 Å². The van der Waals surface area contributed by atoms with Crippen molar-refractivity contribution < 1.29 is 4.74 Å². The first kappa shape index (κ1) is 12.5. The lowest BCUT2D eigenvalue weighted by Gasteiger charge is -2.23. The third-order valence-corrected chi connectivity index (χ3v) is 3.92. The molecular formula is C16H24O. The SMILES string of the molecule is CCC(C)c1ccc(OC2CCCCC2)cc1. The molecule has 1 fully saturated rings. The molecule has 1 aliphatic rings. The van der Waals surface area contributed by atoms with Crippen LogP contribution in [0.1, 0.15) is 63.9 Å². The normalized spacial score (nSPS) is 18.9. The third kappa shape index (κ3) is 3.49. The van der Waals surface area contributed by atoms with Gasteiger partial charge in [-0.25, -0.2) is 0 Å². The maximum atomic E-state index is 6.02. The molecule has 0 aromatic heterocycles. The third-order valence-electron chi connectivity index (χ3n) is 3.92. The number of benzene rings is 1. The number of rotatable bonds is 4. The van der Waals surface area contributed by atoms with E-state index in [9.17, 15) is 0 Å². The van der Waals surface area contributed by atoms with Crippen molar-refractivity contribution in [2.24, 2.45) is 0 Å². The Morgan fingerprint density at radius 3 is 2.35 bits per heavy atom. The molecule has 1 aliphatic carbocycles. The van der Waals surface area contributed by atoms with Crippen molar-refractivity contribution in [1.82, 2.24) is 0 Å². The highest BCUT2D eigenvalue weighted by molar-refractivity contribution is 5.29. The highest BCUT2D eigenvalue weighted by Crippen LogP contribution is 2.25. The quantitative estimate of drug-likeness (QED) is 0.716. The average molecular weight is 232 g/mol. The van der Waals surface area contributed by atoms with Crippen molar-refractivity contribution in [3.63, 3.8) is 0 Å². The summed E-state index contributed by atoms with van der Waals surface area (Å²) in [7, 11) is 0. The van der Waals surface area contributed by atoms with Crippen molar-refractivity contribution in [3.8, 4) is 5.75 Å². The Hall–Kier alpha value is -0.980. The van der Waals surface area contributed by atoms with E-state index in [0.29, 0.717) is 12.0 Å². The molecule has 0 bridgehead atoms. The highest BCUT2D eigenvalue weighted by Gasteiger charge is 2.14. The van der Waals surface area contributed by atoms with E-state index < -0.39 is 0 Å². The Bertz CT molecular complexity index is 322. The van der Waals surface area contributed by atoms with Gasteiger partial charge in [0.05, 0.1) is 6.10 Å². The summed E-state index contributed by atoms with van der Waals surface area (Å²) in [6.07, 6.45) is 8.15. The highest BCUT2D eigenvalue weighted by atomic mass is 16.5. The molecule has 94 valence electrons. The molecule has 1 aromatic rings. The van der Waals surface area contributed by atoms with Crippen molar-refractivity contribution in [1.29, 1.82) is 0 Å². The molecule has 1 saturated carbocycles. The van der Waals surface area contributed by atoms with Crippen LogP contribution in [0.3, 0.4) is 0 Å². The van der Waals surface area contributed by atoms with E-state index in [1.54, 1.807) is 0 Å². The van der Waals surface area contributed by atoms with Gasteiger partial charge in [-0.3, -0.25) is 0 Å². The van der Waals surface area contributed by atoms with Crippen LogP contribution in [0.4, 0.5) is 0 Å². The zero-order valence-corrected chi connectivity index (χ0v) is 11.1. The second kappa shape index (κ2) is 6.09. The lowest BCUT2D eigenvalue weighted by Crippen LogP contribution is -2.19. The number of hydrogen-bond acceptors (Lipinski definition) is 1. The fourth-order valence-corrected chi connectivity index (χ4v) is 2.49. The summed E-state index contributed by atoms with van der Waals surface area (Å²) in [6, 6.07) is 8.70. The van der Waals surface area contributed by atoms with Crippen LogP contribution in [-0.4, -0.2) is 6.10 Å². The zero-order valence-electron chi connectivity index (χ0n) is 11.1. The first-order valence-corrected chi connectivity index (χ1v) is 7.06. The standard InChI is InChI=1S/C16H24O/c1-3-13(2)14-9-11-16(12-10-14)17-15-7-5-4-6-8-15/h9-13,15H,3-8H2,1-2H3. The first-order valence-electron chi connectivity index (χ1n) is 7.06. The molecule has 2 rings (SSSR count). The van der Waals surface area contributed by atoms with Gasteiger partial charge in [0.25, 0.3) is 0 Å². The predicted molar refractivity (Wildman–Crippen MR) is 72.6 cm³/mol. The maximum absolute atomic E-state index is 6.02. The Labute approximate surface area is 105 Å². The van der Waals surface area contributed by atoms with Gasteiger partial charge in [-0.15, -0.1) is 0 Å². The molecule has 17 heavy (non-hydrogen) atoms. The Morgan fingerprint density at radius 1 is 1.12 bits per heavy atom.